The van der Waals surface area contributed by atoms with Crippen LogP contribution in [0.15, 0.2) is 18.2 Å². The molecule has 1 aliphatic heterocycles. The second-order valence-corrected chi connectivity index (χ2v) is 8.67. The van der Waals surface area contributed by atoms with E-state index in [9.17, 15) is 9.59 Å². The number of aromatic amines is 1. The second kappa shape index (κ2) is 9.67. The van der Waals surface area contributed by atoms with Crippen LogP contribution in [0.2, 0.25) is 0 Å². The van der Waals surface area contributed by atoms with Crippen molar-refractivity contribution in [2.75, 3.05) is 13.4 Å². The van der Waals surface area contributed by atoms with Crippen molar-refractivity contribution in [1.82, 2.24) is 9.88 Å². The first-order valence-corrected chi connectivity index (χ1v) is 11.5. The van der Waals surface area contributed by atoms with Gasteiger partial charge in [-0.1, -0.05) is 25.3 Å². The third-order valence-corrected chi connectivity index (χ3v) is 6.50. The standard InChI is InChI=1S/C25H32N2O5/c1-4-30-25(29)23-16(2)20(17(3)26-23)14-27(24(28)19-8-6-5-7-9-19)13-18-10-11-21-22(12-18)32-15-31-21/h10-12,19,26H,4-9,13-15H2,1-3H3. The molecule has 0 bridgehead atoms. The van der Waals surface area contributed by atoms with Gasteiger partial charge in [-0.3, -0.25) is 4.79 Å². The van der Waals surface area contributed by atoms with Gasteiger partial charge in [0.05, 0.1) is 6.61 Å². The Morgan fingerprint density at radius 1 is 1.09 bits per heavy atom. The van der Waals surface area contributed by atoms with Crippen LogP contribution in [-0.4, -0.2) is 35.2 Å². The van der Waals surface area contributed by atoms with E-state index in [0.29, 0.717) is 31.1 Å². The van der Waals surface area contributed by atoms with Crippen molar-refractivity contribution in [2.45, 2.75) is 66.0 Å². The molecular formula is C25H32N2O5. The minimum atomic E-state index is -0.361. The normalized spacial score (nSPS) is 15.6. The summed E-state index contributed by atoms with van der Waals surface area (Å²) in [6.07, 6.45) is 5.28. The first kappa shape index (κ1) is 22.2. The van der Waals surface area contributed by atoms with Crippen LogP contribution in [0.5, 0.6) is 11.5 Å². The first-order chi connectivity index (χ1) is 15.5. The van der Waals surface area contributed by atoms with E-state index in [1.807, 2.05) is 36.9 Å². The molecule has 1 aromatic carbocycles. The van der Waals surface area contributed by atoms with Crippen molar-refractivity contribution in [3.63, 3.8) is 0 Å². The number of H-pyrrole nitrogens is 1. The van der Waals surface area contributed by atoms with Crippen molar-refractivity contribution < 1.29 is 23.8 Å². The molecule has 1 N–H and O–H groups in total. The molecule has 1 aromatic heterocycles. The Balaban J connectivity index is 1.60. The number of ether oxygens (including phenoxy) is 3. The molecule has 2 aromatic rings. The molecule has 1 saturated carbocycles. The number of nitrogens with one attached hydrogen (secondary N) is 1. The van der Waals surface area contributed by atoms with E-state index >= 15 is 0 Å². The van der Waals surface area contributed by atoms with Crippen LogP contribution >= 0.6 is 0 Å². The lowest BCUT2D eigenvalue weighted by Gasteiger charge is -2.30. The number of hydrogen-bond acceptors (Lipinski definition) is 5. The SMILES string of the molecule is CCOC(=O)c1[nH]c(C)c(CN(Cc2ccc3c(c2)OCO3)C(=O)C2CCCCC2)c1C. The lowest BCUT2D eigenvalue weighted by atomic mass is 9.88. The molecule has 2 aliphatic rings. The van der Waals surface area contributed by atoms with Gasteiger partial charge < -0.3 is 24.1 Å². The van der Waals surface area contributed by atoms with Gasteiger partial charge in [-0.15, -0.1) is 0 Å². The highest BCUT2D eigenvalue weighted by Gasteiger charge is 2.28. The number of aryl methyl sites for hydroxylation is 1. The molecule has 2 heterocycles. The summed E-state index contributed by atoms with van der Waals surface area (Å²) in [5.74, 6) is 1.32. The highest BCUT2D eigenvalue weighted by Crippen LogP contribution is 2.34. The van der Waals surface area contributed by atoms with Crippen molar-refractivity contribution in [3.8, 4) is 11.5 Å². The smallest absolute Gasteiger partial charge is 0.355 e. The van der Waals surface area contributed by atoms with E-state index < -0.39 is 0 Å². The molecular weight excluding hydrogens is 408 g/mol. The van der Waals surface area contributed by atoms with Gasteiger partial charge in [-0.25, -0.2) is 4.79 Å². The number of aromatic nitrogens is 1. The largest absolute Gasteiger partial charge is 0.461 e. The van der Waals surface area contributed by atoms with Crippen molar-refractivity contribution in [2.24, 2.45) is 5.92 Å². The molecule has 32 heavy (non-hydrogen) atoms. The quantitative estimate of drug-likeness (QED) is 0.634. The van der Waals surface area contributed by atoms with Gasteiger partial charge in [-0.2, -0.15) is 0 Å². The molecule has 7 heteroatoms. The predicted molar refractivity (Wildman–Crippen MR) is 120 cm³/mol. The van der Waals surface area contributed by atoms with Crippen LogP contribution in [0.25, 0.3) is 0 Å². The number of esters is 1. The number of benzene rings is 1. The maximum absolute atomic E-state index is 13.6. The topological polar surface area (TPSA) is 80.9 Å². The van der Waals surface area contributed by atoms with Gasteiger partial charge in [0.15, 0.2) is 11.5 Å². The molecule has 0 unspecified atom stereocenters. The molecule has 0 saturated heterocycles. The summed E-state index contributed by atoms with van der Waals surface area (Å²) in [6.45, 7) is 7.11. The van der Waals surface area contributed by atoms with Gasteiger partial charge in [-0.05, 0) is 62.4 Å². The zero-order valence-electron chi connectivity index (χ0n) is 19.2. The summed E-state index contributed by atoms with van der Waals surface area (Å²) in [5, 5.41) is 0. The third-order valence-electron chi connectivity index (χ3n) is 6.50. The maximum Gasteiger partial charge on any atom is 0.355 e. The van der Waals surface area contributed by atoms with Crippen LogP contribution in [0, 0.1) is 19.8 Å². The number of fused-ring (bicyclic) bond motifs is 1. The van der Waals surface area contributed by atoms with Crippen molar-refractivity contribution in [1.29, 1.82) is 0 Å². The fraction of sp³-hybridized carbons (Fsp3) is 0.520. The Hall–Kier alpha value is -2.96. The minimum absolute atomic E-state index is 0.0573. The average Bonchev–Trinajstić information content (AvgIpc) is 3.38. The van der Waals surface area contributed by atoms with Crippen LogP contribution in [-0.2, 0) is 22.6 Å². The zero-order valence-corrected chi connectivity index (χ0v) is 19.2. The molecule has 1 amide bonds. The Morgan fingerprint density at radius 2 is 1.84 bits per heavy atom. The Bertz CT molecular complexity index is 990. The summed E-state index contributed by atoms with van der Waals surface area (Å²) in [7, 11) is 0. The molecule has 1 aliphatic carbocycles. The average molecular weight is 441 g/mol. The number of carbonyl (C=O) groups is 2. The Labute approximate surface area is 189 Å². The number of carbonyl (C=O) groups excluding carboxylic acids is 2. The highest BCUT2D eigenvalue weighted by atomic mass is 16.7. The van der Waals surface area contributed by atoms with E-state index in [4.69, 9.17) is 14.2 Å². The van der Waals surface area contributed by atoms with Crippen LogP contribution in [0.4, 0.5) is 0 Å². The molecule has 1 fully saturated rings. The van der Waals surface area contributed by atoms with E-state index in [-0.39, 0.29) is 24.6 Å². The van der Waals surface area contributed by atoms with Gasteiger partial charge in [0.1, 0.15) is 5.69 Å². The van der Waals surface area contributed by atoms with Gasteiger partial charge in [0, 0.05) is 24.7 Å². The Morgan fingerprint density at radius 3 is 2.59 bits per heavy atom. The fourth-order valence-corrected chi connectivity index (χ4v) is 4.70. The summed E-state index contributed by atoms with van der Waals surface area (Å²) in [6, 6.07) is 5.83. The highest BCUT2D eigenvalue weighted by molar-refractivity contribution is 5.90. The molecule has 0 radical (unpaired) electrons. The minimum Gasteiger partial charge on any atom is -0.461 e. The van der Waals surface area contributed by atoms with Crippen LogP contribution in [0.3, 0.4) is 0 Å². The summed E-state index contributed by atoms with van der Waals surface area (Å²) in [5.41, 5.74) is 4.16. The molecule has 7 nitrogen and oxygen atoms in total. The lowest BCUT2D eigenvalue weighted by molar-refractivity contribution is -0.137. The number of amides is 1. The molecule has 4 rings (SSSR count). The third kappa shape index (κ3) is 4.61. The van der Waals surface area contributed by atoms with Crippen LogP contribution < -0.4 is 9.47 Å². The predicted octanol–water partition coefficient (Wildman–Crippen LogP) is 4.65. The number of nitrogens with zero attached hydrogens (tertiary/aromatic N) is 1. The van der Waals surface area contributed by atoms with Gasteiger partial charge in [0.2, 0.25) is 12.7 Å². The second-order valence-electron chi connectivity index (χ2n) is 8.67. The number of rotatable bonds is 7. The fourth-order valence-electron chi connectivity index (χ4n) is 4.70. The summed E-state index contributed by atoms with van der Waals surface area (Å²) < 4.78 is 16.1. The zero-order chi connectivity index (χ0) is 22.7. The van der Waals surface area contributed by atoms with E-state index in [2.05, 4.69) is 4.98 Å². The van der Waals surface area contributed by atoms with Crippen molar-refractivity contribution >= 4 is 11.9 Å². The summed E-state index contributed by atoms with van der Waals surface area (Å²) >= 11 is 0. The molecule has 172 valence electrons. The molecule has 0 atom stereocenters. The van der Waals surface area contributed by atoms with Crippen molar-refractivity contribution in [3.05, 3.63) is 46.3 Å². The van der Waals surface area contributed by atoms with E-state index in [0.717, 1.165) is 53.8 Å². The van der Waals surface area contributed by atoms with E-state index in [1.165, 1.54) is 6.42 Å². The van der Waals surface area contributed by atoms with Gasteiger partial charge >= 0.3 is 5.97 Å². The van der Waals surface area contributed by atoms with E-state index in [1.54, 1.807) is 6.92 Å². The first-order valence-electron chi connectivity index (χ1n) is 11.5. The summed E-state index contributed by atoms with van der Waals surface area (Å²) in [4.78, 5) is 31.0. The molecule has 0 spiro atoms. The van der Waals surface area contributed by atoms with Gasteiger partial charge in [0.25, 0.3) is 0 Å². The Kier molecular flexibility index (Phi) is 6.72. The maximum atomic E-state index is 13.6. The monoisotopic (exact) mass is 440 g/mol. The number of hydrogen-bond donors (Lipinski definition) is 1. The van der Waals surface area contributed by atoms with Crippen LogP contribution in [0.1, 0.15) is 71.9 Å². The lowest BCUT2D eigenvalue weighted by Crippen LogP contribution is -2.36.